The predicted octanol–water partition coefficient (Wildman–Crippen LogP) is 2.35. The summed E-state index contributed by atoms with van der Waals surface area (Å²) in [6.45, 7) is 4.12. The molecule has 0 aliphatic rings. The van der Waals surface area contributed by atoms with Crippen molar-refractivity contribution < 1.29 is 4.79 Å². The number of nitrogens with zero attached hydrogens (tertiary/aromatic N) is 3. The lowest BCUT2D eigenvalue weighted by Crippen LogP contribution is -2.28. The molecule has 2 rings (SSSR count). The number of amides is 1. The summed E-state index contributed by atoms with van der Waals surface area (Å²) in [5, 5.41) is 11.5. The molecule has 6 heteroatoms. The minimum Gasteiger partial charge on any atom is -0.349 e. The van der Waals surface area contributed by atoms with Gasteiger partial charge in [0.1, 0.15) is 6.33 Å². The summed E-state index contributed by atoms with van der Waals surface area (Å²) in [6, 6.07) is 8.35. The average Bonchev–Trinajstić information content (AvgIpc) is 2.90. The van der Waals surface area contributed by atoms with Gasteiger partial charge in [0.15, 0.2) is 5.16 Å². The topological polar surface area (TPSA) is 59.8 Å². The van der Waals surface area contributed by atoms with Crippen LogP contribution in [0.2, 0.25) is 0 Å². The average molecular weight is 304 g/mol. The summed E-state index contributed by atoms with van der Waals surface area (Å²) in [7, 11) is 1.86. The fraction of sp³-hybridized carbons (Fsp3) is 0.400. The zero-order valence-corrected chi connectivity index (χ0v) is 13.4. The first kappa shape index (κ1) is 15.6. The van der Waals surface area contributed by atoms with Crippen LogP contribution in [-0.4, -0.2) is 26.4 Å². The van der Waals surface area contributed by atoms with Crippen molar-refractivity contribution in [2.75, 3.05) is 5.75 Å². The van der Waals surface area contributed by atoms with Gasteiger partial charge >= 0.3 is 0 Å². The second-order valence-corrected chi connectivity index (χ2v) is 5.84. The molecule has 1 aromatic heterocycles. The lowest BCUT2D eigenvalue weighted by Gasteiger charge is -2.14. The standard InChI is InChI=1S/C15H20N4OS/c1-4-12-5-7-13(8-6-12)11(2)17-14(20)9-21-15-18-16-10-19(15)3/h5-8,10-11H,4,9H2,1-3H3,(H,17,20). The van der Waals surface area contributed by atoms with Gasteiger partial charge in [0, 0.05) is 7.05 Å². The van der Waals surface area contributed by atoms with Crippen molar-refractivity contribution in [3.05, 3.63) is 41.7 Å². The number of hydrogen-bond donors (Lipinski definition) is 1. The molecule has 1 atom stereocenters. The van der Waals surface area contributed by atoms with Gasteiger partial charge in [-0.15, -0.1) is 10.2 Å². The Hall–Kier alpha value is -1.82. The summed E-state index contributed by atoms with van der Waals surface area (Å²) in [5.74, 6) is 0.333. The molecule has 21 heavy (non-hydrogen) atoms. The zero-order valence-electron chi connectivity index (χ0n) is 12.5. The number of aryl methyl sites for hydroxylation is 2. The fourth-order valence-corrected chi connectivity index (χ4v) is 2.64. The molecule has 0 spiro atoms. The summed E-state index contributed by atoms with van der Waals surface area (Å²) in [6.07, 6.45) is 2.65. The lowest BCUT2D eigenvalue weighted by molar-refractivity contribution is -0.119. The minimum atomic E-state index is -0.00457. The number of thioether (sulfide) groups is 1. The van der Waals surface area contributed by atoms with Gasteiger partial charge in [0.25, 0.3) is 0 Å². The lowest BCUT2D eigenvalue weighted by atomic mass is 10.1. The quantitative estimate of drug-likeness (QED) is 0.832. The van der Waals surface area contributed by atoms with Crippen molar-refractivity contribution in [2.24, 2.45) is 7.05 Å². The molecule has 1 unspecified atom stereocenters. The Labute approximate surface area is 129 Å². The number of benzene rings is 1. The molecule has 1 amide bonds. The van der Waals surface area contributed by atoms with Crippen molar-refractivity contribution in [3.8, 4) is 0 Å². The van der Waals surface area contributed by atoms with Gasteiger partial charge in [-0.1, -0.05) is 43.0 Å². The van der Waals surface area contributed by atoms with Crippen LogP contribution in [0.3, 0.4) is 0 Å². The summed E-state index contributed by atoms with van der Waals surface area (Å²) in [4.78, 5) is 12.0. The van der Waals surface area contributed by atoms with E-state index in [9.17, 15) is 4.79 Å². The van der Waals surface area contributed by atoms with E-state index in [4.69, 9.17) is 0 Å². The summed E-state index contributed by atoms with van der Waals surface area (Å²) in [5.41, 5.74) is 2.42. The van der Waals surface area contributed by atoms with Crippen LogP contribution in [0.25, 0.3) is 0 Å². The molecule has 5 nitrogen and oxygen atoms in total. The maximum atomic E-state index is 12.0. The maximum absolute atomic E-state index is 12.0. The van der Waals surface area contributed by atoms with Crippen molar-refractivity contribution in [1.29, 1.82) is 0 Å². The molecular weight excluding hydrogens is 284 g/mol. The van der Waals surface area contributed by atoms with Crippen LogP contribution in [0.1, 0.15) is 31.0 Å². The third-order valence-corrected chi connectivity index (χ3v) is 4.30. The van der Waals surface area contributed by atoms with Gasteiger partial charge in [-0.25, -0.2) is 0 Å². The maximum Gasteiger partial charge on any atom is 0.230 e. The van der Waals surface area contributed by atoms with E-state index in [2.05, 4.69) is 46.7 Å². The SMILES string of the molecule is CCc1ccc(C(C)NC(=O)CSc2nncn2C)cc1. The number of nitrogens with one attached hydrogen (secondary N) is 1. The normalized spacial score (nSPS) is 12.1. The Bertz CT molecular complexity index is 594. The van der Waals surface area contributed by atoms with E-state index < -0.39 is 0 Å². The van der Waals surface area contributed by atoms with Crippen LogP contribution in [0.5, 0.6) is 0 Å². The first-order valence-corrected chi connectivity index (χ1v) is 7.93. The highest BCUT2D eigenvalue weighted by molar-refractivity contribution is 7.99. The summed E-state index contributed by atoms with van der Waals surface area (Å²) < 4.78 is 1.80. The van der Waals surface area contributed by atoms with Gasteiger partial charge in [0.2, 0.25) is 5.91 Å². The first-order chi connectivity index (χ1) is 10.1. The van der Waals surface area contributed by atoms with Crippen molar-refractivity contribution in [3.63, 3.8) is 0 Å². The van der Waals surface area contributed by atoms with E-state index in [-0.39, 0.29) is 11.9 Å². The van der Waals surface area contributed by atoms with Crippen LogP contribution in [-0.2, 0) is 18.3 Å². The monoisotopic (exact) mass is 304 g/mol. The van der Waals surface area contributed by atoms with Crippen molar-refractivity contribution in [2.45, 2.75) is 31.5 Å². The molecule has 2 aromatic rings. The second kappa shape index (κ2) is 7.26. The first-order valence-electron chi connectivity index (χ1n) is 6.95. The molecule has 1 heterocycles. The Kier molecular flexibility index (Phi) is 5.38. The van der Waals surface area contributed by atoms with Gasteiger partial charge in [-0.3, -0.25) is 4.79 Å². The molecular formula is C15H20N4OS. The van der Waals surface area contributed by atoms with E-state index in [0.717, 1.165) is 17.1 Å². The fourth-order valence-electron chi connectivity index (χ4n) is 1.94. The van der Waals surface area contributed by atoms with E-state index in [1.807, 2.05) is 14.0 Å². The number of aromatic nitrogens is 3. The largest absolute Gasteiger partial charge is 0.349 e. The highest BCUT2D eigenvalue weighted by Crippen LogP contribution is 2.16. The van der Waals surface area contributed by atoms with E-state index >= 15 is 0 Å². The smallest absolute Gasteiger partial charge is 0.230 e. The molecule has 1 aromatic carbocycles. The number of carbonyl (C=O) groups excluding carboxylic acids is 1. The summed E-state index contributed by atoms with van der Waals surface area (Å²) >= 11 is 1.38. The van der Waals surface area contributed by atoms with E-state index in [1.165, 1.54) is 17.3 Å². The molecule has 0 aliphatic heterocycles. The molecule has 0 bridgehead atoms. The molecule has 0 fully saturated rings. The van der Waals surface area contributed by atoms with Crippen LogP contribution in [0, 0.1) is 0 Å². The van der Waals surface area contributed by atoms with Gasteiger partial charge in [0.05, 0.1) is 11.8 Å². The van der Waals surface area contributed by atoms with Crippen LogP contribution in [0.4, 0.5) is 0 Å². The number of hydrogen-bond acceptors (Lipinski definition) is 4. The minimum absolute atomic E-state index is 0.00324. The third kappa shape index (κ3) is 4.32. The Morgan fingerprint density at radius 2 is 2.10 bits per heavy atom. The van der Waals surface area contributed by atoms with E-state index in [0.29, 0.717) is 5.75 Å². The van der Waals surface area contributed by atoms with Crippen molar-refractivity contribution in [1.82, 2.24) is 20.1 Å². The van der Waals surface area contributed by atoms with Crippen LogP contribution < -0.4 is 5.32 Å². The van der Waals surface area contributed by atoms with Crippen LogP contribution >= 0.6 is 11.8 Å². The molecule has 0 radical (unpaired) electrons. The van der Waals surface area contributed by atoms with E-state index in [1.54, 1.807) is 10.9 Å². The number of rotatable bonds is 6. The van der Waals surface area contributed by atoms with Crippen LogP contribution in [0.15, 0.2) is 35.7 Å². The van der Waals surface area contributed by atoms with Gasteiger partial charge in [-0.05, 0) is 24.5 Å². The molecule has 0 saturated carbocycles. The third-order valence-electron chi connectivity index (χ3n) is 3.27. The highest BCUT2D eigenvalue weighted by Gasteiger charge is 2.11. The van der Waals surface area contributed by atoms with Gasteiger partial charge < -0.3 is 9.88 Å². The molecule has 0 aliphatic carbocycles. The second-order valence-electron chi connectivity index (χ2n) is 4.90. The number of carbonyl (C=O) groups is 1. The molecule has 1 N–H and O–H groups in total. The Morgan fingerprint density at radius 3 is 2.67 bits per heavy atom. The van der Waals surface area contributed by atoms with Gasteiger partial charge in [-0.2, -0.15) is 0 Å². The Balaban J connectivity index is 1.85. The zero-order chi connectivity index (χ0) is 15.2. The molecule has 112 valence electrons. The molecule has 0 saturated heterocycles. The predicted molar refractivity (Wildman–Crippen MR) is 84.1 cm³/mol. The Morgan fingerprint density at radius 1 is 1.38 bits per heavy atom. The highest BCUT2D eigenvalue weighted by atomic mass is 32.2. The van der Waals surface area contributed by atoms with Crippen molar-refractivity contribution >= 4 is 17.7 Å².